The molecule has 3 aromatic rings. The van der Waals surface area contributed by atoms with E-state index in [0.29, 0.717) is 16.5 Å². The van der Waals surface area contributed by atoms with Crippen molar-refractivity contribution in [1.82, 2.24) is 14.2 Å². The molecule has 0 unspecified atom stereocenters. The highest BCUT2D eigenvalue weighted by Gasteiger charge is 2.35. The Morgan fingerprint density at radius 1 is 1.07 bits per heavy atom. The fourth-order valence-corrected chi connectivity index (χ4v) is 5.22. The SMILES string of the molecule is O=C(O)[C@@H](c1c[nH]c2cc(F)ccc12)N1CCN(S(=O)(=O)c2ccccc2)CC1. The Kier molecular flexibility index (Phi) is 5.12. The molecular formula is C20H20FN3O4S. The predicted molar refractivity (Wildman–Crippen MR) is 105 cm³/mol. The Hall–Kier alpha value is -2.75. The van der Waals surface area contributed by atoms with Crippen molar-refractivity contribution in [1.29, 1.82) is 0 Å². The van der Waals surface area contributed by atoms with Crippen LogP contribution in [0.5, 0.6) is 0 Å². The lowest BCUT2D eigenvalue weighted by molar-refractivity contribution is -0.144. The van der Waals surface area contributed by atoms with Gasteiger partial charge in [0.05, 0.1) is 4.90 Å². The van der Waals surface area contributed by atoms with Crippen molar-refractivity contribution >= 4 is 26.9 Å². The van der Waals surface area contributed by atoms with E-state index in [4.69, 9.17) is 0 Å². The number of halogens is 1. The van der Waals surface area contributed by atoms with E-state index in [1.165, 1.54) is 16.4 Å². The molecule has 1 saturated heterocycles. The quantitative estimate of drug-likeness (QED) is 0.665. The minimum absolute atomic E-state index is 0.192. The minimum atomic E-state index is -3.61. The lowest BCUT2D eigenvalue weighted by Gasteiger charge is -2.37. The zero-order valence-electron chi connectivity index (χ0n) is 15.5. The predicted octanol–water partition coefficient (Wildman–Crippen LogP) is 2.44. The lowest BCUT2D eigenvalue weighted by Crippen LogP contribution is -2.50. The van der Waals surface area contributed by atoms with Crippen molar-refractivity contribution in [3.63, 3.8) is 0 Å². The molecule has 7 nitrogen and oxygen atoms in total. The van der Waals surface area contributed by atoms with E-state index < -0.39 is 27.9 Å². The van der Waals surface area contributed by atoms with Gasteiger partial charge in [0.1, 0.15) is 11.9 Å². The molecule has 152 valence electrons. The van der Waals surface area contributed by atoms with E-state index >= 15 is 0 Å². The number of carboxylic acids is 1. The van der Waals surface area contributed by atoms with Crippen LogP contribution in [0.25, 0.3) is 10.9 Å². The number of carboxylic acid groups (broad SMARTS) is 1. The van der Waals surface area contributed by atoms with Crippen molar-refractivity contribution in [3.8, 4) is 0 Å². The van der Waals surface area contributed by atoms with E-state index in [9.17, 15) is 22.7 Å². The maximum absolute atomic E-state index is 13.4. The number of aromatic nitrogens is 1. The first-order chi connectivity index (χ1) is 13.9. The Balaban J connectivity index is 1.56. The number of nitrogens with zero attached hydrogens (tertiary/aromatic N) is 2. The average Bonchev–Trinajstić information content (AvgIpc) is 3.11. The molecule has 0 aliphatic carbocycles. The summed E-state index contributed by atoms with van der Waals surface area (Å²) in [5.41, 5.74) is 1.06. The number of aliphatic carboxylic acids is 1. The summed E-state index contributed by atoms with van der Waals surface area (Å²) in [6, 6.07) is 11.4. The topological polar surface area (TPSA) is 93.7 Å². The van der Waals surface area contributed by atoms with Gasteiger partial charge in [-0.1, -0.05) is 18.2 Å². The first-order valence-electron chi connectivity index (χ1n) is 9.16. The highest BCUT2D eigenvalue weighted by molar-refractivity contribution is 7.89. The Morgan fingerprint density at radius 2 is 1.76 bits per heavy atom. The number of carbonyl (C=O) groups is 1. The third kappa shape index (κ3) is 3.64. The van der Waals surface area contributed by atoms with Crippen LogP contribution < -0.4 is 0 Å². The van der Waals surface area contributed by atoms with Crippen molar-refractivity contribution in [3.05, 3.63) is 66.1 Å². The van der Waals surface area contributed by atoms with E-state index in [2.05, 4.69) is 4.98 Å². The molecule has 1 aliphatic heterocycles. The van der Waals surface area contributed by atoms with Crippen LogP contribution in [-0.2, 0) is 14.8 Å². The molecule has 4 rings (SSSR count). The molecule has 0 amide bonds. The molecule has 0 radical (unpaired) electrons. The van der Waals surface area contributed by atoms with E-state index in [0.717, 1.165) is 0 Å². The molecule has 2 N–H and O–H groups in total. The molecule has 1 aliphatic rings. The van der Waals surface area contributed by atoms with Crippen molar-refractivity contribution in [2.75, 3.05) is 26.2 Å². The van der Waals surface area contributed by atoms with Gasteiger partial charge in [-0.25, -0.2) is 12.8 Å². The molecular weight excluding hydrogens is 397 g/mol. The smallest absolute Gasteiger partial charge is 0.325 e. The summed E-state index contributed by atoms with van der Waals surface area (Å²) in [5.74, 6) is -1.44. The van der Waals surface area contributed by atoms with Gasteiger partial charge in [-0.15, -0.1) is 0 Å². The molecule has 0 saturated carbocycles. The molecule has 9 heteroatoms. The first kappa shape index (κ1) is 19.6. The van der Waals surface area contributed by atoms with E-state index in [1.807, 2.05) is 0 Å². The van der Waals surface area contributed by atoms with Crippen molar-refractivity contribution < 1.29 is 22.7 Å². The second kappa shape index (κ2) is 7.58. The lowest BCUT2D eigenvalue weighted by atomic mass is 10.0. The van der Waals surface area contributed by atoms with Crippen LogP contribution in [0, 0.1) is 5.82 Å². The van der Waals surface area contributed by atoms with Gasteiger partial charge in [-0.2, -0.15) is 4.31 Å². The van der Waals surface area contributed by atoms with Crippen LogP contribution in [0.2, 0.25) is 0 Å². The van der Waals surface area contributed by atoms with Crippen LogP contribution in [0.4, 0.5) is 4.39 Å². The number of sulfonamides is 1. The molecule has 1 aromatic heterocycles. The van der Waals surface area contributed by atoms with Crippen molar-refractivity contribution in [2.45, 2.75) is 10.9 Å². The van der Waals surface area contributed by atoms with Gasteiger partial charge >= 0.3 is 5.97 Å². The third-order valence-corrected chi connectivity index (χ3v) is 7.14. The highest BCUT2D eigenvalue weighted by Crippen LogP contribution is 2.30. The molecule has 2 aromatic carbocycles. The van der Waals surface area contributed by atoms with Gasteiger partial charge in [0, 0.05) is 48.8 Å². The Morgan fingerprint density at radius 3 is 2.41 bits per heavy atom. The monoisotopic (exact) mass is 417 g/mol. The number of H-pyrrole nitrogens is 1. The van der Waals surface area contributed by atoms with Crippen LogP contribution >= 0.6 is 0 Å². The second-order valence-corrected chi connectivity index (χ2v) is 8.87. The van der Waals surface area contributed by atoms with Gasteiger partial charge in [0.15, 0.2) is 0 Å². The largest absolute Gasteiger partial charge is 0.480 e. The number of fused-ring (bicyclic) bond motifs is 1. The van der Waals surface area contributed by atoms with Crippen LogP contribution in [0.1, 0.15) is 11.6 Å². The van der Waals surface area contributed by atoms with Gasteiger partial charge in [0.2, 0.25) is 10.0 Å². The fraction of sp³-hybridized carbons (Fsp3) is 0.250. The number of aromatic amines is 1. The summed E-state index contributed by atoms with van der Waals surface area (Å²) in [5, 5.41) is 10.5. The Labute approximate surface area is 167 Å². The summed E-state index contributed by atoms with van der Waals surface area (Å²) in [4.78, 5) is 16.9. The Bertz CT molecular complexity index is 1140. The minimum Gasteiger partial charge on any atom is -0.480 e. The fourth-order valence-electron chi connectivity index (χ4n) is 3.78. The summed E-state index contributed by atoms with van der Waals surface area (Å²) >= 11 is 0. The van der Waals surface area contributed by atoms with Gasteiger partial charge in [-0.3, -0.25) is 9.69 Å². The van der Waals surface area contributed by atoms with Crippen molar-refractivity contribution in [2.24, 2.45) is 0 Å². The zero-order chi connectivity index (χ0) is 20.6. The summed E-state index contributed by atoms with van der Waals surface area (Å²) in [6.45, 7) is 0.934. The van der Waals surface area contributed by atoms with Crippen LogP contribution in [0.3, 0.4) is 0 Å². The van der Waals surface area contributed by atoms with Crippen LogP contribution in [0.15, 0.2) is 59.6 Å². The molecule has 0 spiro atoms. The number of rotatable bonds is 5. The highest BCUT2D eigenvalue weighted by atomic mass is 32.2. The van der Waals surface area contributed by atoms with E-state index in [1.54, 1.807) is 47.5 Å². The van der Waals surface area contributed by atoms with Gasteiger partial charge < -0.3 is 10.1 Å². The average molecular weight is 417 g/mol. The maximum atomic E-state index is 13.4. The van der Waals surface area contributed by atoms with E-state index in [-0.39, 0.29) is 31.1 Å². The summed E-state index contributed by atoms with van der Waals surface area (Å²) in [7, 11) is -3.61. The molecule has 1 fully saturated rings. The molecule has 29 heavy (non-hydrogen) atoms. The number of piperazine rings is 1. The van der Waals surface area contributed by atoms with Gasteiger partial charge in [0.25, 0.3) is 0 Å². The number of hydrogen-bond acceptors (Lipinski definition) is 4. The van der Waals surface area contributed by atoms with Gasteiger partial charge in [-0.05, 0) is 30.3 Å². The summed E-state index contributed by atoms with van der Waals surface area (Å²) < 4.78 is 40.4. The normalized spacial score (nSPS) is 17.4. The standard InChI is InChI=1S/C20H20FN3O4S/c21-14-6-7-16-17(13-22-18(16)12-14)19(20(25)26)23-8-10-24(11-9-23)29(27,28)15-4-2-1-3-5-15/h1-7,12-13,19,22H,8-11H2,(H,25,26)/t19-/m1/s1. The first-order valence-corrected chi connectivity index (χ1v) is 10.6. The maximum Gasteiger partial charge on any atom is 0.325 e. The summed E-state index contributed by atoms with van der Waals surface area (Å²) in [6.07, 6.45) is 1.58. The second-order valence-electron chi connectivity index (χ2n) is 6.93. The number of nitrogens with one attached hydrogen (secondary N) is 1. The molecule has 2 heterocycles. The zero-order valence-corrected chi connectivity index (χ0v) is 16.3. The number of benzene rings is 2. The molecule has 0 bridgehead atoms. The molecule has 1 atom stereocenters. The number of hydrogen-bond donors (Lipinski definition) is 2. The third-order valence-electron chi connectivity index (χ3n) is 5.22. The van der Waals surface area contributed by atoms with Crippen LogP contribution in [-0.4, -0.2) is 59.9 Å².